The molecule has 0 amide bonds. The Balaban J connectivity index is 1.91. The van der Waals surface area contributed by atoms with Gasteiger partial charge in [0, 0.05) is 14.3 Å². The van der Waals surface area contributed by atoms with Gasteiger partial charge < -0.3 is 4.74 Å². The van der Waals surface area contributed by atoms with Crippen molar-refractivity contribution >= 4 is 58.6 Å². The first-order valence-electron chi connectivity index (χ1n) is 6.37. The van der Waals surface area contributed by atoms with Crippen molar-refractivity contribution in [3.63, 3.8) is 0 Å². The minimum atomic E-state index is 0.818. The number of hydrogen-bond donors (Lipinski definition) is 0. The number of ether oxygens (including phenoxy) is 1. The van der Waals surface area contributed by atoms with Crippen LogP contribution in [0.3, 0.4) is 0 Å². The standard InChI is InChI=1S/C17H11Br3O/c18-10-13-3-6-16(9-17(13)20)21-15-5-2-11-7-14(19)4-1-12(11)8-15/h1-9H,10H2. The summed E-state index contributed by atoms with van der Waals surface area (Å²) in [6.07, 6.45) is 0. The van der Waals surface area contributed by atoms with Gasteiger partial charge in [0.15, 0.2) is 0 Å². The Kier molecular flexibility index (Phi) is 4.67. The lowest BCUT2D eigenvalue weighted by molar-refractivity contribution is 0.483. The molecule has 0 saturated heterocycles. The molecule has 3 rings (SSSR count). The van der Waals surface area contributed by atoms with Crippen LogP contribution in [0.15, 0.2) is 63.5 Å². The Morgan fingerprint density at radius 3 is 2.19 bits per heavy atom. The molecule has 3 aromatic carbocycles. The van der Waals surface area contributed by atoms with Gasteiger partial charge in [-0.05, 0) is 52.7 Å². The van der Waals surface area contributed by atoms with Crippen LogP contribution in [0, 0.1) is 0 Å². The van der Waals surface area contributed by atoms with Crippen LogP contribution >= 0.6 is 47.8 Å². The molecule has 0 aliphatic heterocycles. The van der Waals surface area contributed by atoms with E-state index in [1.807, 2.05) is 36.4 Å². The van der Waals surface area contributed by atoms with Gasteiger partial charge >= 0.3 is 0 Å². The molecular formula is C17H11Br3O. The van der Waals surface area contributed by atoms with Crippen molar-refractivity contribution in [2.24, 2.45) is 0 Å². The number of halogens is 3. The van der Waals surface area contributed by atoms with Crippen LogP contribution in [0.4, 0.5) is 0 Å². The van der Waals surface area contributed by atoms with E-state index in [0.29, 0.717) is 0 Å². The molecule has 0 fully saturated rings. The van der Waals surface area contributed by atoms with Gasteiger partial charge in [0.1, 0.15) is 11.5 Å². The quantitative estimate of drug-likeness (QED) is 0.372. The van der Waals surface area contributed by atoms with E-state index in [4.69, 9.17) is 4.74 Å². The lowest BCUT2D eigenvalue weighted by atomic mass is 10.1. The summed E-state index contributed by atoms with van der Waals surface area (Å²) in [5.74, 6) is 1.66. The van der Waals surface area contributed by atoms with Crippen LogP contribution in [0.25, 0.3) is 10.8 Å². The highest BCUT2D eigenvalue weighted by Crippen LogP contribution is 2.30. The SMILES string of the molecule is BrCc1ccc(Oc2ccc3cc(Br)ccc3c2)cc1Br. The second-order valence-electron chi connectivity index (χ2n) is 4.64. The van der Waals surface area contributed by atoms with Gasteiger partial charge in [-0.25, -0.2) is 0 Å². The van der Waals surface area contributed by atoms with E-state index in [1.165, 1.54) is 10.9 Å². The maximum absolute atomic E-state index is 5.94. The summed E-state index contributed by atoms with van der Waals surface area (Å²) in [7, 11) is 0. The summed E-state index contributed by atoms with van der Waals surface area (Å²) in [4.78, 5) is 0. The fraction of sp³-hybridized carbons (Fsp3) is 0.0588. The highest BCUT2D eigenvalue weighted by atomic mass is 79.9. The Bertz CT molecular complexity index is 799. The molecule has 0 spiro atoms. The van der Waals surface area contributed by atoms with Gasteiger partial charge in [-0.1, -0.05) is 66.0 Å². The predicted octanol–water partition coefficient (Wildman–Crippen LogP) is 7.05. The van der Waals surface area contributed by atoms with Crippen molar-refractivity contribution in [2.45, 2.75) is 5.33 Å². The van der Waals surface area contributed by atoms with Crippen molar-refractivity contribution in [3.8, 4) is 11.5 Å². The Hall–Kier alpha value is -0.840. The molecule has 106 valence electrons. The van der Waals surface area contributed by atoms with Gasteiger partial charge in [-0.3, -0.25) is 0 Å². The second-order valence-corrected chi connectivity index (χ2v) is 6.97. The van der Waals surface area contributed by atoms with E-state index in [-0.39, 0.29) is 0 Å². The predicted molar refractivity (Wildman–Crippen MR) is 98.5 cm³/mol. The maximum Gasteiger partial charge on any atom is 0.128 e. The highest BCUT2D eigenvalue weighted by molar-refractivity contribution is 9.11. The molecule has 0 N–H and O–H groups in total. The molecule has 1 nitrogen and oxygen atoms in total. The fourth-order valence-corrected chi connectivity index (χ4v) is 3.84. The number of fused-ring (bicyclic) bond motifs is 1. The topological polar surface area (TPSA) is 9.23 Å². The van der Waals surface area contributed by atoms with Crippen LogP contribution in [0.1, 0.15) is 5.56 Å². The summed E-state index contributed by atoms with van der Waals surface area (Å²) in [5, 5.41) is 3.16. The van der Waals surface area contributed by atoms with Gasteiger partial charge in [0.2, 0.25) is 0 Å². The normalized spacial score (nSPS) is 10.8. The number of benzene rings is 3. The molecule has 0 bridgehead atoms. The molecule has 0 atom stereocenters. The third kappa shape index (κ3) is 3.50. The second kappa shape index (κ2) is 6.51. The zero-order valence-corrected chi connectivity index (χ0v) is 15.7. The largest absolute Gasteiger partial charge is 0.457 e. The third-order valence-corrected chi connectivity index (χ3v) is 5.01. The van der Waals surface area contributed by atoms with E-state index in [0.717, 1.165) is 31.2 Å². The molecule has 21 heavy (non-hydrogen) atoms. The van der Waals surface area contributed by atoms with Gasteiger partial charge in [-0.2, -0.15) is 0 Å². The molecular weight excluding hydrogens is 460 g/mol. The van der Waals surface area contributed by atoms with Crippen LogP contribution in [0.2, 0.25) is 0 Å². The summed E-state index contributed by atoms with van der Waals surface area (Å²) >= 11 is 10.5. The number of rotatable bonds is 3. The van der Waals surface area contributed by atoms with Crippen LogP contribution < -0.4 is 4.74 Å². The van der Waals surface area contributed by atoms with Gasteiger partial charge in [0.05, 0.1) is 0 Å². The molecule has 4 heteroatoms. The van der Waals surface area contributed by atoms with Crippen LogP contribution in [-0.4, -0.2) is 0 Å². The van der Waals surface area contributed by atoms with Crippen LogP contribution in [-0.2, 0) is 5.33 Å². The zero-order chi connectivity index (χ0) is 14.8. The molecule has 0 saturated carbocycles. The molecule has 0 radical (unpaired) electrons. The molecule has 3 aromatic rings. The zero-order valence-electron chi connectivity index (χ0n) is 10.9. The van der Waals surface area contributed by atoms with Crippen molar-refractivity contribution in [1.29, 1.82) is 0 Å². The first-order valence-corrected chi connectivity index (χ1v) is 9.08. The molecule has 0 aliphatic rings. The van der Waals surface area contributed by atoms with Crippen molar-refractivity contribution in [2.75, 3.05) is 0 Å². The number of alkyl halides is 1. The lowest BCUT2D eigenvalue weighted by Gasteiger charge is -2.09. The minimum absolute atomic E-state index is 0.818. The van der Waals surface area contributed by atoms with Crippen molar-refractivity contribution < 1.29 is 4.74 Å². The summed E-state index contributed by atoms with van der Waals surface area (Å²) < 4.78 is 8.06. The fourth-order valence-electron chi connectivity index (χ4n) is 2.09. The van der Waals surface area contributed by atoms with Gasteiger partial charge in [-0.15, -0.1) is 0 Å². The van der Waals surface area contributed by atoms with E-state index in [1.54, 1.807) is 0 Å². The smallest absolute Gasteiger partial charge is 0.128 e. The molecule has 0 aliphatic carbocycles. The lowest BCUT2D eigenvalue weighted by Crippen LogP contribution is -1.87. The molecule has 0 heterocycles. The highest BCUT2D eigenvalue weighted by Gasteiger charge is 2.04. The first kappa shape index (κ1) is 15.1. The Labute approximate surface area is 148 Å². The Morgan fingerprint density at radius 1 is 0.762 bits per heavy atom. The monoisotopic (exact) mass is 468 g/mol. The summed E-state index contributed by atoms with van der Waals surface area (Å²) in [6.45, 7) is 0. The van der Waals surface area contributed by atoms with Crippen LogP contribution in [0.5, 0.6) is 11.5 Å². The number of hydrogen-bond acceptors (Lipinski definition) is 1. The van der Waals surface area contributed by atoms with Gasteiger partial charge in [0.25, 0.3) is 0 Å². The Morgan fingerprint density at radius 2 is 1.43 bits per heavy atom. The average molecular weight is 471 g/mol. The third-order valence-electron chi connectivity index (χ3n) is 3.18. The van der Waals surface area contributed by atoms with E-state index >= 15 is 0 Å². The van der Waals surface area contributed by atoms with E-state index in [2.05, 4.69) is 66.0 Å². The molecule has 0 aromatic heterocycles. The molecule has 0 unspecified atom stereocenters. The van der Waals surface area contributed by atoms with E-state index in [9.17, 15) is 0 Å². The summed E-state index contributed by atoms with van der Waals surface area (Å²) in [6, 6.07) is 18.3. The average Bonchev–Trinajstić information content (AvgIpc) is 2.48. The first-order chi connectivity index (χ1) is 10.2. The minimum Gasteiger partial charge on any atom is -0.457 e. The summed E-state index contributed by atoms with van der Waals surface area (Å²) in [5.41, 5.74) is 1.20. The van der Waals surface area contributed by atoms with Crippen molar-refractivity contribution in [3.05, 3.63) is 69.1 Å². The maximum atomic E-state index is 5.94. The van der Waals surface area contributed by atoms with Crippen molar-refractivity contribution in [1.82, 2.24) is 0 Å². The van der Waals surface area contributed by atoms with E-state index < -0.39 is 0 Å².